The molecule has 0 saturated heterocycles. The summed E-state index contributed by atoms with van der Waals surface area (Å²) in [6.07, 6.45) is 0.358. The van der Waals surface area contributed by atoms with E-state index in [0.717, 1.165) is 11.1 Å². The van der Waals surface area contributed by atoms with E-state index in [1.807, 2.05) is 30.3 Å². The Morgan fingerprint density at radius 3 is 2.32 bits per heavy atom. The number of amides is 2. The summed E-state index contributed by atoms with van der Waals surface area (Å²) in [7, 11) is 1.72. The van der Waals surface area contributed by atoms with Crippen molar-refractivity contribution in [3.63, 3.8) is 0 Å². The average molecular weight is 405 g/mol. The molecule has 0 aliphatic heterocycles. The number of benzene rings is 2. The highest BCUT2D eigenvalue weighted by atomic mass is 79.9. The van der Waals surface area contributed by atoms with Crippen LogP contribution in [0.15, 0.2) is 54.6 Å². The molecule has 5 nitrogen and oxygen atoms in total. The molecule has 2 rings (SSSR count). The first kappa shape index (κ1) is 19.0. The number of hydrogen-bond donors (Lipinski definition) is 2. The minimum absolute atomic E-state index is 0.134. The Morgan fingerprint density at radius 2 is 1.72 bits per heavy atom. The Balaban J connectivity index is 2.11. The van der Waals surface area contributed by atoms with E-state index < -0.39 is 6.04 Å². The van der Waals surface area contributed by atoms with Crippen molar-refractivity contribution in [2.75, 3.05) is 12.4 Å². The SMILES string of the molecule is CN(Cc1ccccc1)C(=O)[C@H](Cc1ccc(O)cc1)NC(=O)CBr. The van der Waals surface area contributed by atoms with E-state index in [-0.39, 0.29) is 22.9 Å². The zero-order valence-electron chi connectivity index (χ0n) is 14.0. The Morgan fingerprint density at radius 1 is 1.08 bits per heavy atom. The molecule has 0 spiro atoms. The number of alkyl halides is 1. The molecule has 0 bridgehead atoms. The predicted octanol–water partition coefficient (Wildman–Crippen LogP) is 2.47. The van der Waals surface area contributed by atoms with Crippen molar-refractivity contribution in [3.8, 4) is 5.75 Å². The third-order valence-corrected chi connectivity index (χ3v) is 4.28. The van der Waals surface area contributed by atoms with E-state index in [1.165, 1.54) is 0 Å². The van der Waals surface area contributed by atoms with Gasteiger partial charge < -0.3 is 15.3 Å². The van der Waals surface area contributed by atoms with Gasteiger partial charge in [0, 0.05) is 20.0 Å². The summed E-state index contributed by atoms with van der Waals surface area (Å²) in [6, 6.07) is 15.6. The minimum Gasteiger partial charge on any atom is -0.508 e. The van der Waals surface area contributed by atoms with E-state index in [0.29, 0.717) is 13.0 Å². The van der Waals surface area contributed by atoms with Crippen molar-refractivity contribution in [1.29, 1.82) is 0 Å². The lowest BCUT2D eigenvalue weighted by atomic mass is 10.0. The second-order valence-electron chi connectivity index (χ2n) is 5.80. The molecule has 0 unspecified atom stereocenters. The lowest BCUT2D eigenvalue weighted by molar-refractivity contribution is -0.135. The van der Waals surface area contributed by atoms with Crippen LogP contribution in [0, 0.1) is 0 Å². The number of phenols is 1. The van der Waals surface area contributed by atoms with Gasteiger partial charge >= 0.3 is 0 Å². The fraction of sp³-hybridized carbons (Fsp3) is 0.263. The highest BCUT2D eigenvalue weighted by molar-refractivity contribution is 9.09. The van der Waals surface area contributed by atoms with Gasteiger partial charge in [0.1, 0.15) is 11.8 Å². The summed E-state index contributed by atoms with van der Waals surface area (Å²) in [6.45, 7) is 0.468. The van der Waals surface area contributed by atoms with Gasteiger partial charge in [-0.1, -0.05) is 58.4 Å². The van der Waals surface area contributed by atoms with Gasteiger partial charge in [0.2, 0.25) is 11.8 Å². The molecule has 0 radical (unpaired) electrons. The van der Waals surface area contributed by atoms with Crippen molar-refractivity contribution in [1.82, 2.24) is 10.2 Å². The van der Waals surface area contributed by atoms with Crippen molar-refractivity contribution >= 4 is 27.7 Å². The first-order valence-electron chi connectivity index (χ1n) is 7.91. The van der Waals surface area contributed by atoms with Crippen LogP contribution in [0.2, 0.25) is 0 Å². The molecule has 1 atom stereocenters. The molecule has 0 heterocycles. The van der Waals surface area contributed by atoms with Gasteiger partial charge in [0.05, 0.1) is 5.33 Å². The van der Waals surface area contributed by atoms with E-state index in [9.17, 15) is 14.7 Å². The summed E-state index contributed by atoms with van der Waals surface area (Å²) in [5.74, 6) is -0.242. The molecule has 2 amide bonds. The van der Waals surface area contributed by atoms with Crippen molar-refractivity contribution in [2.24, 2.45) is 0 Å². The second-order valence-corrected chi connectivity index (χ2v) is 6.36. The zero-order valence-corrected chi connectivity index (χ0v) is 15.6. The highest BCUT2D eigenvalue weighted by Crippen LogP contribution is 2.13. The third kappa shape index (κ3) is 5.90. The molecule has 0 aromatic heterocycles. The summed E-state index contributed by atoms with van der Waals surface area (Å²) >= 11 is 3.11. The third-order valence-electron chi connectivity index (χ3n) is 3.77. The maximum absolute atomic E-state index is 12.8. The molecule has 0 aliphatic rings. The Labute approximate surface area is 155 Å². The van der Waals surface area contributed by atoms with E-state index >= 15 is 0 Å². The van der Waals surface area contributed by atoms with Crippen molar-refractivity contribution in [2.45, 2.75) is 19.0 Å². The van der Waals surface area contributed by atoms with Crippen molar-refractivity contribution < 1.29 is 14.7 Å². The second kappa shape index (κ2) is 9.22. The molecule has 25 heavy (non-hydrogen) atoms. The molecule has 2 aromatic carbocycles. The van der Waals surface area contributed by atoms with Gasteiger partial charge in [-0.15, -0.1) is 0 Å². The molecular formula is C19H21BrN2O3. The van der Waals surface area contributed by atoms with Crippen LogP contribution in [-0.2, 0) is 22.6 Å². The topological polar surface area (TPSA) is 69.6 Å². The van der Waals surface area contributed by atoms with Crippen LogP contribution in [0.1, 0.15) is 11.1 Å². The Kier molecular flexibility index (Phi) is 7.01. The molecule has 6 heteroatoms. The summed E-state index contributed by atoms with van der Waals surface area (Å²) < 4.78 is 0. The Hall–Kier alpha value is -2.34. The molecule has 0 saturated carbocycles. The van der Waals surface area contributed by atoms with Gasteiger partial charge in [-0.25, -0.2) is 0 Å². The van der Waals surface area contributed by atoms with Gasteiger partial charge in [0.15, 0.2) is 0 Å². The van der Waals surface area contributed by atoms with Crippen LogP contribution in [0.3, 0.4) is 0 Å². The summed E-state index contributed by atoms with van der Waals surface area (Å²) in [5.41, 5.74) is 1.88. The fourth-order valence-electron chi connectivity index (χ4n) is 2.50. The van der Waals surface area contributed by atoms with Gasteiger partial charge in [0.25, 0.3) is 0 Å². The molecule has 2 N–H and O–H groups in total. The van der Waals surface area contributed by atoms with E-state index in [1.54, 1.807) is 36.2 Å². The minimum atomic E-state index is -0.664. The summed E-state index contributed by atoms with van der Waals surface area (Å²) in [5, 5.41) is 12.3. The predicted molar refractivity (Wildman–Crippen MR) is 100 cm³/mol. The number of halogens is 1. The lowest BCUT2D eigenvalue weighted by Crippen LogP contribution is -2.48. The van der Waals surface area contributed by atoms with Crippen LogP contribution in [-0.4, -0.2) is 40.2 Å². The maximum Gasteiger partial charge on any atom is 0.245 e. The normalized spacial score (nSPS) is 11.6. The molecule has 132 valence electrons. The maximum atomic E-state index is 12.8. The number of nitrogens with one attached hydrogen (secondary N) is 1. The van der Waals surface area contributed by atoms with Gasteiger partial charge in [-0.3, -0.25) is 9.59 Å². The Bertz CT molecular complexity index is 704. The molecule has 0 aliphatic carbocycles. The quantitative estimate of drug-likeness (QED) is 0.696. The van der Waals surface area contributed by atoms with Crippen LogP contribution in [0.4, 0.5) is 0 Å². The monoisotopic (exact) mass is 404 g/mol. The number of nitrogens with zero attached hydrogens (tertiary/aromatic N) is 1. The number of hydrogen-bond acceptors (Lipinski definition) is 3. The van der Waals surface area contributed by atoms with E-state index in [4.69, 9.17) is 0 Å². The number of phenolic OH excluding ortho intramolecular Hbond substituents is 1. The lowest BCUT2D eigenvalue weighted by Gasteiger charge is -2.25. The van der Waals surface area contributed by atoms with Crippen LogP contribution in [0.5, 0.6) is 5.75 Å². The first-order chi connectivity index (χ1) is 12.0. The average Bonchev–Trinajstić information content (AvgIpc) is 2.63. The number of rotatable bonds is 7. The number of carbonyl (C=O) groups is 2. The largest absolute Gasteiger partial charge is 0.508 e. The van der Waals surface area contributed by atoms with Gasteiger partial charge in [-0.2, -0.15) is 0 Å². The number of aromatic hydroxyl groups is 1. The fourth-order valence-corrected chi connectivity index (χ4v) is 2.66. The van der Waals surface area contributed by atoms with Crippen LogP contribution >= 0.6 is 15.9 Å². The highest BCUT2D eigenvalue weighted by Gasteiger charge is 2.24. The van der Waals surface area contributed by atoms with Crippen LogP contribution < -0.4 is 5.32 Å². The number of likely N-dealkylation sites (N-methyl/N-ethyl adjacent to an activating group) is 1. The smallest absolute Gasteiger partial charge is 0.245 e. The van der Waals surface area contributed by atoms with Gasteiger partial charge in [-0.05, 0) is 23.3 Å². The number of carbonyl (C=O) groups excluding carboxylic acids is 2. The molecule has 2 aromatic rings. The van der Waals surface area contributed by atoms with E-state index in [2.05, 4.69) is 21.2 Å². The standard InChI is InChI=1S/C19H21BrN2O3/c1-22(13-15-5-3-2-4-6-15)19(25)17(21-18(24)12-20)11-14-7-9-16(23)10-8-14/h2-10,17,23H,11-13H2,1H3,(H,21,24)/t17-/m0/s1. The first-order valence-corrected chi connectivity index (χ1v) is 9.04. The van der Waals surface area contributed by atoms with Crippen LogP contribution in [0.25, 0.3) is 0 Å². The molecule has 0 fully saturated rings. The zero-order chi connectivity index (χ0) is 18.2. The molecular weight excluding hydrogens is 384 g/mol. The van der Waals surface area contributed by atoms with Crippen molar-refractivity contribution in [3.05, 3.63) is 65.7 Å². The summed E-state index contributed by atoms with van der Waals surface area (Å²) in [4.78, 5) is 26.2.